The highest BCUT2D eigenvalue weighted by atomic mass is 14.5. The van der Waals surface area contributed by atoms with Crippen LogP contribution in [0.1, 0.15) is 64.7 Å². The molecule has 0 bridgehead atoms. The van der Waals surface area contributed by atoms with Crippen molar-refractivity contribution < 1.29 is 0 Å². The number of fused-ring (bicyclic) bond motifs is 5. The first-order valence-electron chi connectivity index (χ1n) is 8.94. The SMILES string of the molecule is CCC[C@@]12C=CC=C1C1=CCC3CCCC[C@@H]3[C@H]1CC2. The van der Waals surface area contributed by atoms with Crippen LogP contribution >= 0.6 is 0 Å². The molecule has 0 aromatic rings. The molecule has 2 saturated carbocycles. The summed E-state index contributed by atoms with van der Waals surface area (Å²) in [6.07, 6.45) is 22.9. The number of allylic oxidation sites excluding steroid dienone is 6. The van der Waals surface area contributed by atoms with Crippen LogP contribution in [0.5, 0.6) is 0 Å². The standard InChI is InChI=1S/C20H28/c1-2-12-20-13-5-8-19(20)18-10-9-15-6-3-4-7-16(15)17(18)11-14-20/h5,8,10,13,15-17H,2-4,6-7,9,11-12,14H2,1H3/t15?,16-,17+,20-/m0/s1. The van der Waals surface area contributed by atoms with Crippen LogP contribution in [-0.4, -0.2) is 0 Å². The molecule has 0 aliphatic heterocycles. The van der Waals surface area contributed by atoms with Crippen LogP contribution in [0.2, 0.25) is 0 Å². The second-order valence-corrected chi connectivity index (χ2v) is 7.59. The molecule has 108 valence electrons. The van der Waals surface area contributed by atoms with E-state index >= 15 is 0 Å². The van der Waals surface area contributed by atoms with Crippen LogP contribution in [0, 0.1) is 23.2 Å². The fourth-order valence-corrected chi connectivity index (χ4v) is 5.79. The summed E-state index contributed by atoms with van der Waals surface area (Å²) in [5, 5.41) is 0. The molecule has 4 atom stereocenters. The molecule has 0 spiro atoms. The molecule has 4 aliphatic carbocycles. The van der Waals surface area contributed by atoms with Gasteiger partial charge in [0.1, 0.15) is 0 Å². The van der Waals surface area contributed by atoms with Crippen molar-refractivity contribution in [3.8, 4) is 0 Å². The number of rotatable bonds is 2. The predicted molar refractivity (Wildman–Crippen MR) is 85.4 cm³/mol. The maximum atomic E-state index is 2.65. The maximum absolute atomic E-state index is 2.65. The van der Waals surface area contributed by atoms with Gasteiger partial charge in [0, 0.05) is 5.41 Å². The highest BCUT2D eigenvalue weighted by molar-refractivity contribution is 5.50. The van der Waals surface area contributed by atoms with E-state index in [1.165, 1.54) is 57.8 Å². The normalized spacial score (nSPS) is 42.4. The Kier molecular flexibility index (Phi) is 3.16. The highest BCUT2D eigenvalue weighted by Gasteiger charge is 2.46. The van der Waals surface area contributed by atoms with Crippen molar-refractivity contribution >= 4 is 0 Å². The van der Waals surface area contributed by atoms with Crippen molar-refractivity contribution in [3.05, 3.63) is 35.5 Å². The summed E-state index contributed by atoms with van der Waals surface area (Å²) in [5.74, 6) is 2.95. The summed E-state index contributed by atoms with van der Waals surface area (Å²) in [6.45, 7) is 2.34. The smallest absolute Gasteiger partial charge is 0.0138 e. The van der Waals surface area contributed by atoms with Crippen LogP contribution in [0.3, 0.4) is 0 Å². The van der Waals surface area contributed by atoms with Gasteiger partial charge in [-0.3, -0.25) is 0 Å². The quantitative estimate of drug-likeness (QED) is 0.592. The molecule has 2 fully saturated rings. The molecule has 1 unspecified atom stereocenters. The zero-order valence-corrected chi connectivity index (χ0v) is 12.9. The predicted octanol–water partition coefficient (Wildman–Crippen LogP) is 5.82. The lowest BCUT2D eigenvalue weighted by Gasteiger charge is -2.49. The first-order chi connectivity index (χ1) is 9.84. The Balaban J connectivity index is 1.67. The Labute approximate surface area is 124 Å². The zero-order valence-electron chi connectivity index (χ0n) is 12.9. The molecule has 0 N–H and O–H groups in total. The Morgan fingerprint density at radius 2 is 2.10 bits per heavy atom. The van der Waals surface area contributed by atoms with E-state index in [-0.39, 0.29) is 0 Å². The molecule has 0 saturated heterocycles. The van der Waals surface area contributed by atoms with Gasteiger partial charge in [-0.1, -0.05) is 50.5 Å². The summed E-state index contributed by atoms with van der Waals surface area (Å²) in [5.41, 5.74) is 3.93. The van der Waals surface area contributed by atoms with E-state index in [1.807, 2.05) is 0 Å². The molecular weight excluding hydrogens is 240 g/mol. The van der Waals surface area contributed by atoms with Crippen molar-refractivity contribution in [3.63, 3.8) is 0 Å². The molecule has 4 rings (SSSR count). The van der Waals surface area contributed by atoms with Gasteiger partial charge in [-0.05, 0) is 67.4 Å². The lowest BCUT2D eigenvalue weighted by atomic mass is 9.56. The average molecular weight is 268 g/mol. The van der Waals surface area contributed by atoms with Gasteiger partial charge < -0.3 is 0 Å². The summed E-state index contributed by atoms with van der Waals surface area (Å²) in [6, 6.07) is 0. The van der Waals surface area contributed by atoms with Gasteiger partial charge >= 0.3 is 0 Å². The first kappa shape index (κ1) is 12.9. The molecule has 4 aliphatic rings. The minimum absolute atomic E-state index is 0.429. The van der Waals surface area contributed by atoms with E-state index in [0.29, 0.717) is 5.41 Å². The van der Waals surface area contributed by atoms with Crippen molar-refractivity contribution in [2.24, 2.45) is 23.2 Å². The summed E-state index contributed by atoms with van der Waals surface area (Å²) in [4.78, 5) is 0. The number of hydrogen-bond donors (Lipinski definition) is 0. The highest BCUT2D eigenvalue weighted by Crippen LogP contribution is 2.58. The molecule has 0 heteroatoms. The Morgan fingerprint density at radius 1 is 1.20 bits per heavy atom. The van der Waals surface area contributed by atoms with Crippen LogP contribution in [0.25, 0.3) is 0 Å². The first-order valence-corrected chi connectivity index (χ1v) is 8.94. The van der Waals surface area contributed by atoms with Crippen LogP contribution in [0.15, 0.2) is 35.5 Å². The molecule has 0 nitrogen and oxygen atoms in total. The van der Waals surface area contributed by atoms with Crippen LogP contribution < -0.4 is 0 Å². The van der Waals surface area contributed by atoms with Crippen molar-refractivity contribution in [1.82, 2.24) is 0 Å². The Bertz CT molecular complexity index is 478. The summed E-state index contributed by atoms with van der Waals surface area (Å²) < 4.78 is 0. The Morgan fingerprint density at radius 3 is 3.00 bits per heavy atom. The van der Waals surface area contributed by atoms with Gasteiger partial charge in [-0.15, -0.1) is 0 Å². The number of hydrogen-bond acceptors (Lipinski definition) is 0. The fourth-order valence-electron chi connectivity index (χ4n) is 5.79. The molecule has 0 amide bonds. The minimum atomic E-state index is 0.429. The third-order valence-electron chi connectivity index (χ3n) is 6.65. The van der Waals surface area contributed by atoms with Gasteiger partial charge in [0.2, 0.25) is 0 Å². The van der Waals surface area contributed by atoms with Gasteiger partial charge in [-0.2, -0.15) is 0 Å². The Hall–Kier alpha value is -0.780. The van der Waals surface area contributed by atoms with E-state index in [2.05, 4.69) is 31.2 Å². The van der Waals surface area contributed by atoms with Crippen molar-refractivity contribution in [1.29, 1.82) is 0 Å². The largest absolute Gasteiger partial charge is 0.0804 e. The molecule has 20 heavy (non-hydrogen) atoms. The third kappa shape index (κ3) is 1.80. The second-order valence-electron chi connectivity index (χ2n) is 7.59. The van der Waals surface area contributed by atoms with Gasteiger partial charge in [0.05, 0.1) is 0 Å². The molecule has 0 heterocycles. The van der Waals surface area contributed by atoms with E-state index in [1.54, 1.807) is 11.1 Å². The molecule has 0 aromatic heterocycles. The van der Waals surface area contributed by atoms with Gasteiger partial charge in [0.25, 0.3) is 0 Å². The fraction of sp³-hybridized carbons (Fsp3) is 0.700. The average Bonchev–Trinajstić information content (AvgIpc) is 2.91. The maximum Gasteiger partial charge on any atom is 0.0138 e. The molecular formula is C20H28. The van der Waals surface area contributed by atoms with Crippen molar-refractivity contribution in [2.75, 3.05) is 0 Å². The van der Waals surface area contributed by atoms with E-state index in [9.17, 15) is 0 Å². The van der Waals surface area contributed by atoms with E-state index < -0.39 is 0 Å². The van der Waals surface area contributed by atoms with Crippen LogP contribution in [-0.2, 0) is 0 Å². The van der Waals surface area contributed by atoms with Gasteiger partial charge in [-0.25, -0.2) is 0 Å². The molecule has 0 radical (unpaired) electrons. The van der Waals surface area contributed by atoms with Crippen molar-refractivity contribution in [2.45, 2.75) is 64.7 Å². The molecule has 0 aromatic carbocycles. The summed E-state index contributed by atoms with van der Waals surface area (Å²) in [7, 11) is 0. The van der Waals surface area contributed by atoms with E-state index in [4.69, 9.17) is 0 Å². The van der Waals surface area contributed by atoms with E-state index in [0.717, 1.165) is 17.8 Å². The lowest BCUT2D eigenvalue weighted by Crippen LogP contribution is -2.38. The topological polar surface area (TPSA) is 0 Å². The minimum Gasteiger partial charge on any atom is -0.0804 e. The monoisotopic (exact) mass is 268 g/mol. The third-order valence-corrected chi connectivity index (χ3v) is 6.65. The second kappa shape index (κ2) is 4.90. The van der Waals surface area contributed by atoms with Crippen LogP contribution in [0.4, 0.5) is 0 Å². The van der Waals surface area contributed by atoms with Gasteiger partial charge in [0.15, 0.2) is 0 Å². The zero-order chi connectivity index (χ0) is 13.6. The summed E-state index contributed by atoms with van der Waals surface area (Å²) >= 11 is 0. The lowest BCUT2D eigenvalue weighted by molar-refractivity contribution is 0.139.